The number of carboxylic acid groups (broad SMARTS) is 1. The third-order valence-electron chi connectivity index (χ3n) is 2.51. The van der Waals surface area contributed by atoms with Crippen LogP contribution in [0.2, 0.25) is 0 Å². The van der Waals surface area contributed by atoms with Crippen molar-refractivity contribution in [2.75, 3.05) is 26.3 Å². The first-order valence-electron chi connectivity index (χ1n) is 4.84. The summed E-state index contributed by atoms with van der Waals surface area (Å²) in [6.07, 6.45) is 0.523. The summed E-state index contributed by atoms with van der Waals surface area (Å²) in [6.45, 7) is 8.80. The zero-order valence-electron chi connectivity index (χ0n) is 8.53. The highest BCUT2D eigenvalue weighted by atomic mass is 16.5. The van der Waals surface area contributed by atoms with Crippen molar-refractivity contribution in [3.63, 3.8) is 0 Å². The highest BCUT2D eigenvalue weighted by molar-refractivity contribution is 5.85. The van der Waals surface area contributed by atoms with Crippen molar-refractivity contribution >= 4 is 5.97 Å². The molecule has 80 valence electrons. The molecule has 1 N–H and O–H groups in total. The Labute approximate surface area is 84.2 Å². The third kappa shape index (κ3) is 3.12. The van der Waals surface area contributed by atoms with Gasteiger partial charge in [0.15, 0.2) is 0 Å². The van der Waals surface area contributed by atoms with Crippen molar-refractivity contribution in [3.8, 4) is 0 Å². The molecule has 1 heterocycles. The van der Waals surface area contributed by atoms with E-state index in [0.717, 1.165) is 26.3 Å². The van der Waals surface area contributed by atoms with E-state index in [4.69, 9.17) is 9.84 Å². The summed E-state index contributed by atoms with van der Waals surface area (Å²) in [7, 11) is 0. The van der Waals surface area contributed by atoms with Crippen LogP contribution in [0.3, 0.4) is 0 Å². The van der Waals surface area contributed by atoms with Crippen molar-refractivity contribution in [2.45, 2.75) is 19.4 Å². The van der Waals surface area contributed by atoms with Gasteiger partial charge in [-0.3, -0.25) is 4.90 Å². The maximum absolute atomic E-state index is 10.6. The number of morpholine rings is 1. The lowest BCUT2D eigenvalue weighted by Crippen LogP contribution is -2.42. The minimum atomic E-state index is -0.898. The topological polar surface area (TPSA) is 49.8 Å². The summed E-state index contributed by atoms with van der Waals surface area (Å²) < 4.78 is 5.22. The SMILES string of the molecule is C=C(CC(C)N1CCOCC1)C(=O)O. The zero-order valence-corrected chi connectivity index (χ0v) is 8.53. The summed E-state index contributed by atoms with van der Waals surface area (Å²) in [5.74, 6) is -0.898. The fraction of sp³-hybridized carbons (Fsp3) is 0.700. The number of nitrogens with zero attached hydrogens (tertiary/aromatic N) is 1. The molecule has 1 fully saturated rings. The molecule has 0 amide bonds. The second-order valence-electron chi connectivity index (χ2n) is 3.61. The molecule has 1 unspecified atom stereocenters. The van der Waals surface area contributed by atoms with Crippen LogP contribution in [0, 0.1) is 0 Å². The molecule has 4 heteroatoms. The van der Waals surface area contributed by atoms with Crippen LogP contribution < -0.4 is 0 Å². The van der Waals surface area contributed by atoms with Crippen LogP contribution >= 0.6 is 0 Å². The summed E-state index contributed by atoms with van der Waals surface area (Å²) in [4.78, 5) is 12.8. The monoisotopic (exact) mass is 199 g/mol. The first kappa shape index (κ1) is 11.2. The molecular formula is C10H17NO3. The number of hydrogen-bond acceptors (Lipinski definition) is 3. The van der Waals surface area contributed by atoms with Crippen molar-refractivity contribution in [1.82, 2.24) is 4.90 Å². The van der Waals surface area contributed by atoms with Gasteiger partial charge in [-0.1, -0.05) is 6.58 Å². The molecule has 1 atom stereocenters. The predicted molar refractivity (Wildman–Crippen MR) is 53.2 cm³/mol. The van der Waals surface area contributed by atoms with Crippen molar-refractivity contribution in [1.29, 1.82) is 0 Å². The van der Waals surface area contributed by atoms with Gasteiger partial charge in [0.25, 0.3) is 0 Å². The lowest BCUT2D eigenvalue weighted by Gasteiger charge is -2.32. The van der Waals surface area contributed by atoms with E-state index in [-0.39, 0.29) is 11.6 Å². The second kappa shape index (κ2) is 5.12. The van der Waals surface area contributed by atoms with Crippen molar-refractivity contribution < 1.29 is 14.6 Å². The lowest BCUT2D eigenvalue weighted by atomic mass is 10.1. The highest BCUT2D eigenvalue weighted by Gasteiger charge is 2.19. The lowest BCUT2D eigenvalue weighted by molar-refractivity contribution is -0.132. The second-order valence-corrected chi connectivity index (χ2v) is 3.61. The molecule has 0 bridgehead atoms. The molecule has 1 aliphatic rings. The van der Waals surface area contributed by atoms with E-state index < -0.39 is 5.97 Å². The fourth-order valence-corrected chi connectivity index (χ4v) is 1.59. The van der Waals surface area contributed by atoms with E-state index in [1.165, 1.54) is 0 Å². The van der Waals surface area contributed by atoms with E-state index in [9.17, 15) is 4.79 Å². The van der Waals surface area contributed by atoms with Gasteiger partial charge in [-0.05, 0) is 13.3 Å². The Balaban J connectivity index is 2.36. The Kier molecular flexibility index (Phi) is 4.10. The fourth-order valence-electron chi connectivity index (χ4n) is 1.59. The van der Waals surface area contributed by atoms with Crippen LogP contribution in [0.15, 0.2) is 12.2 Å². The van der Waals surface area contributed by atoms with Gasteiger partial charge in [-0.15, -0.1) is 0 Å². The first-order valence-corrected chi connectivity index (χ1v) is 4.84. The van der Waals surface area contributed by atoms with Gasteiger partial charge in [0.1, 0.15) is 0 Å². The molecule has 14 heavy (non-hydrogen) atoms. The first-order chi connectivity index (χ1) is 6.61. The Morgan fingerprint density at radius 1 is 1.57 bits per heavy atom. The molecule has 0 radical (unpaired) electrons. The van der Waals surface area contributed by atoms with Gasteiger partial charge in [-0.25, -0.2) is 4.79 Å². The molecule has 0 aliphatic carbocycles. The predicted octanol–water partition coefficient (Wildman–Crippen LogP) is 0.738. The molecule has 1 saturated heterocycles. The normalized spacial score (nSPS) is 20.4. The molecule has 0 saturated carbocycles. The summed E-state index contributed by atoms with van der Waals surface area (Å²) in [5.41, 5.74) is 0.281. The van der Waals surface area contributed by atoms with Gasteiger partial charge in [-0.2, -0.15) is 0 Å². The molecule has 1 rings (SSSR count). The quantitative estimate of drug-likeness (QED) is 0.678. The van der Waals surface area contributed by atoms with E-state index in [0.29, 0.717) is 6.42 Å². The van der Waals surface area contributed by atoms with Crippen LogP contribution in [0.25, 0.3) is 0 Å². The Hall–Kier alpha value is -0.870. The van der Waals surface area contributed by atoms with E-state index in [2.05, 4.69) is 11.5 Å². The average Bonchev–Trinajstić information content (AvgIpc) is 2.19. The average molecular weight is 199 g/mol. The largest absolute Gasteiger partial charge is 0.478 e. The smallest absolute Gasteiger partial charge is 0.331 e. The number of aliphatic carboxylic acids is 1. The minimum Gasteiger partial charge on any atom is -0.478 e. The van der Waals surface area contributed by atoms with Crippen LogP contribution in [0.1, 0.15) is 13.3 Å². The molecule has 0 aromatic heterocycles. The van der Waals surface area contributed by atoms with E-state index in [1.54, 1.807) is 0 Å². The Morgan fingerprint density at radius 2 is 2.14 bits per heavy atom. The maximum Gasteiger partial charge on any atom is 0.331 e. The highest BCUT2D eigenvalue weighted by Crippen LogP contribution is 2.11. The zero-order chi connectivity index (χ0) is 10.6. The van der Waals surface area contributed by atoms with Gasteiger partial charge in [0, 0.05) is 24.7 Å². The van der Waals surface area contributed by atoms with Crippen molar-refractivity contribution in [3.05, 3.63) is 12.2 Å². The van der Waals surface area contributed by atoms with Gasteiger partial charge in [0.2, 0.25) is 0 Å². The van der Waals surface area contributed by atoms with E-state index in [1.807, 2.05) is 6.92 Å². The molecular weight excluding hydrogens is 182 g/mol. The molecule has 0 spiro atoms. The molecule has 1 aliphatic heterocycles. The molecule has 0 aromatic carbocycles. The number of ether oxygens (including phenoxy) is 1. The minimum absolute atomic E-state index is 0.238. The van der Waals surface area contributed by atoms with Gasteiger partial charge >= 0.3 is 5.97 Å². The van der Waals surface area contributed by atoms with Crippen LogP contribution in [0.4, 0.5) is 0 Å². The van der Waals surface area contributed by atoms with E-state index >= 15 is 0 Å². The maximum atomic E-state index is 10.6. The van der Waals surface area contributed by atoms with Crippen LogP contribution in [0.5, 0.6) is 0 Å². The number of carbonyl (C=O) groups is 1. The third-order valence-corrected chi connectivity index (χ3v) is 2.51. The van der Waals surface area contributed by atoms with Gasteiger partial charge < -0.3 is 9.84 Å². The number of rotatable bonds is 4. The summed E-state index contributed by atoms with van der Waals surface area (Å²) in [6, 6.07) is 0.238. The van der Waals surface area contributed by atoms with Gasteiger partial charge in [0.05, 0.1) is 13.2 Å². The number of hydrogen-bond donors (Lipinski definition) is 1. The standard InChI is InChI=1S/C10H17NO3/c1-8(10(12)13)7-9(2)11-3-5-14-6-4-11/h9H,1,3-7H2,2H3,(H,12,13). The van der Waals surface area contributed by atoms with Crippen molar-refractivity contribution in [2.24, 2.45) is 0 Å². The summed E-state index contributed by atoms with van der Waals surface area (Å²) >= 11 is 0. The summed E-state index contributed by atoms with van der Waals surface area (Å²) in [5, 5.41) is 8.69. The number of carboxylic acids is 1. The molecule has 4 nitrogen and oxygen atoms in total. The Bertz CT molecular complexity index is 221. The van der Waals surface area contributed by atoms with Crippen LogP contribution in [-0.4, -0.2) is 48.3 Å². The molecule has 0 aromatic rings. The Morgan fingerprint density at radius 3 is 2.64 bits per heavy atom. The van der Waals surface area contributed by atoms with Crippen LogP contribution in [-0.2, 0) is 9.53 Å².